The number of benzene rings is 3. The van der Waals surface area contributed by atoms with Gasteiger partial charge >= 0.3 is 5.97 Å². The summed E-state index contributed by atoms with van der Waals surface area (Å²) in [4.78, 5) is 20.1. The molecule has 0 spiro atoms. The van der Waals surface area contributed by atoms with E-state index in [0.717, 1.165) is 21.9 Å². The summed E-state index contributed by atoms with van der Waals surface area (Å²) in [5.74, 6) is -0.400. The minimum Gasteiger partial charge on any atom is -0.494 e. The molecule has 2 N–H and O–H groups in total. The number of nitrogens with one attached hydrogen (secondary N) is 1. The number of nitrogens with zero attached hydrogens (tertiary/aromatic N) is 1. The molecule has 2 heterocycles. The van der Waals surface area contributed by atoms with Crippen LogP contribution in [0.2, 0.25) is 0 Å². The van der Waals surface area contributed by atoms with Gasteiger partial charge in [0, 0.05) is 16.3 Å². The standard InChI is InChI=1S/C25H18N2O3/c28-24-23(21-13-11-17-8-4-5-9-20(17)26-21)19-12-10-18(14-22(19)27-24)25(29)30-15-16-6-2-1-3-7-16/h1-14,27-28H,15H2. The van der Waals surface area contributed by atoms with Crippen molar-refractivity contribution in [1.29, 1.82) is 0 Å². The molecule has 0 amide bonds. The molecule has 0 unspecified atom stereocenters. The largest absolute Gasteiger partial charge is 0.494 e. The van der Waals surface area contributed by atoms with Crippen molar-refractivity contribution in [3.63, 3.8) is 0 Å². The number of aromatic nitrogens is 2. The Balaban J connectivity index is 1.47. The Labute approximate surface area is 172 Å². The first kappa shape index (κ1) is 17.9. The summed E-state index contributed by atoms with van der Waals surface area (Å²) < 4.78 is 5.41. The summed E-state index contributed by atoms with van der Waals surface area (Å²) >= 11 is 0. The molecule has 5 heteroatoms. The van der Waals surface area contributed by atoms with E-state index in [-0.39, 0.29) is 12.5 Å². The molecule has 0 aliphatic heterocycles. The maximum atomic E-state index is 12.5. The lowest BCUT2D eigenvalue weighted by molar-refractivity contribution is 0.0473. The third kappa shape index (κ3) is 3.26. The highest BCUT2D eigenvalue weighted by atomic mass is 16.5. The molecule has 5 rings (SSSR count). The molecule has 30 heavy (non-hydrogen) atoms. The lowest BCUT2D eigenvalue weighted by atomic mass is 10.1. The molecule has 0 saturated heterocycles. The predicted molar refractivity (Wildman–Crippen MR) is 116 cm³/mol. The second-order valence-electron chi connectivity index (χ2n) is 7.06. The normalized spacial score (nSPS) is 11.1. The second kappa shape index (κ2) is 7.37. The lowest BCUT2D eigenvalue weighted by Gasteiger charge is -2.06. The van der Waals surface area contributed by atoms with Crippen molar-refractivity contribution < 1.29 is 14.6 Å². The number of H-pyrrole nitrogens is 1. The minimum absolute atomic E-state index is 0.0163. The van der Waals surface area contributed by atoms with E-state index in [1.54, 1.807) is 18.2 Å². The first-order valence-electron chi connectivity index (χ1n) is 9.61. The number of esters is 1. The first-order chi connectivity index (χ1) is 14.7. The van der Waals surface area contributed by atoms with Crippen molar-refractivity contribution in [2.24, 2.45) is 0 Å². The highest BCUT2D eigenvalue weighted by Crippen LogP contribution is 2.36. The summed E-state index contributed by atoms with van der Waals surface area (Å²) in [6.45, 7) is 0.208. The molecule has 0 aliphatic rings. The summed E-state index contributed by atoms with van der Waals surface area (Å²) in [5.41, 5.74) is 4.11. The van der Waals surface area contributed by atoms with Crippen LogP contribution in [0.5, 0.6) is 5.88 Å². The monoisotopic (exact) mass is 394 g/mol. The molecule has 2 aromatic heterocycles. The van der Waals surface area contributed by atoms with Crippen LogP contribution in [0.1, 0.15) is 15.9 Å². The fourth-order valence-corrected chi connectivity index (χ4v) is 3.58. The van der Waals surface area contributed by atoms with E-state index in [0.29, 0.717) is 22.3 Å². The quantitative estimate of drug-likeness (QED) is 0.398. The molecule has 0 aliphatic carbocycles. The Kier molecular flexibility index (Phi) is 4.41. The maximum absolute atomic E-state index is 12.5. The number of aromatic hydroxyl groups is 1. The van der Waals surface area contributed by atoms with Crippen LogP contribution in [0, 0.1) is 0 Å². The van der Waals surface area contributed by atoms with Gasteiger partial charge in [-0.15, -0.1) is 0 Å². The Morgan fingerprint density at radius 1 is 0.933 bits per heavy atom. The van der Waals surface area contributed by atoms with Crippen LogP contribution in [-0.2, 0) is 11.3 Å². The topological polar surface area (TPSA) is 75.2 Å². The van der Waals surface area contributed by atoms with Gasteiger partial charge in [-0.2, -0.15) is 0 Å². The number of carbonyl (C=O) groups excluding carboxylic acids is 1. The number of para-hydroxylation sites is 1. The summed E-state index contributed by atoms with van der Waals surface area (Å²) in [6, 6.07) is 26.4. The van der Waals surface area contributed by atoms with Crippen molar-refractivity contribution in [2.75, 3.05) is 0 Å². The van der Waals surface area contributed by atoms with Crippen LogP contribution in [0.3, 0.4) is 0 Å². The number of hydrogen-bond acceptors (Lipinski definition) is 4. The Bertz CT molecular complexity index is 1370. The van der Waals surface area contributed by atoms with E-state index >= 15 is 0 Å². The van der Waals surface area contributed by atoms with Crippen LogP contribution in [0.25, 0.3) is 33.1 Å². The van der Waals surface area contributed by atoms with E-state index in [4.69, 9.17) is 4.74 Å². The Hall–Kier alpha value is -4.12. The smallest absolute Gasteiger partial charge is 0.338 e. The van der Waals surface area contributed by atoms with Gasteiger partial charge in [0.1, 0.15) is 6.61 Å². The van der Waals surface area contributed by atoms with E-state index < -0.39 is 5.97 Å². The van der Waals surface area contributed by atoms with Gasteiger partial charge in [-0.3, -0.25) is 0 Å². The Morgan fingerprint density at radius 3 is 2.60 bits per heavy atom. The first-order valence-corrected chi connectivity index (χ1v) is 9.61. The zero-order valence-electron chi connectivity index (χ0n) is 16.0. The number of aromatic amines is 1. The van der Waals surface area contributed by atoms with Crippen molar-refractivity contribution in [2.45, 2.75) is 6.61 Å². The highest BCUT2D eigenvalue weighted by molar-refractivity contribution is 6.02. The lowest BCUT2D eigenvalue weighted by Crippen LogP contribution is -2.05. The number of ether oxygens (including phenoxy) is 1. The van der Waals surface area contributed by atoms with Gasteiger partial charge in [0.05, 0.1) is 22.3 Å². The molecule has 0 fully saturated rings. The molecule has 0 radical (unpaired) electrons. The molecule has 0 saturated carbocycles. The van der Waals surface area contributed by atoms with Gasteiger partial charge in [0.25, 0.3) is 0 Å². The minimum atomic E-state index is -0.416. The van der Waals surface area contributed by atoms with E-state index in [9.17, 15) is 9.90 Å². The van der Waals surface area contributed by atoms with E-state index in [1.807, 2.05) is 66.7 Å². The van der Waals surface area contributed by atoms with E-state index in [2.05, 4.69) is 9.97 Å². The van der Waals surface area contributed by atoms with Crippen LogP contribution < -0.4 is 0 Å². The maximum Gasteiger partial charge on any atom is 0.338 e. The predicted octanol–water partition coefficient (Wildman–Crippen LogP) is 5.45. The van der Waals surface area contributed by atoms with Crippen LogP contribution in [-0.4, -0.2) is 21.0 Å². The van der Waals surface area contributed by atoms with Gasteiger partial charge < -0.3 is 14.8 Å². The molecule has 5 nitrogen and oxygen atoms in total. The fraction of sp³-hybridized carbons (Fsp3) is 0.0400. The SMILES string of the molecule is O=C(OCc1ccccc1)c1ccc2c(-c3ccc4ccccc4n3)c(O)[nH]c2c1. The van der Waals surface area contributed by atoms with Gasteiger partial charge in [0.2, 0.25) is 0 Å². The molecule has 0 bridgehead atoms. The van der Waals surface area contributed by atoms with Crippen molar-refractivity contribution in [1.82, 2.24) is 9.97 Å². The molecular weight excluding hydrogens is 376 g/mol. The molecule has 3 aromatic carbocycles. The third-order valence-electron chi connectivity index (χ3n) is 5.08. The van der Waals surface area contributed by atoms with Gasteiger partial charge in [-0.25, -0.2) is 9.78 Å². The zero-order chi connectivity index (χ0) is 20.5. The van der Waals surface area contributed by atoms with Crippen LogP contribution in [0.15, 0.2) is 84.9 Å². The number of rotatable bonds is 4. The molecule has 0 atom stereocenters. The molecular formula is C25H18N2O3. The summed E-state index contributed by atoms with van der Waals surface area (Å²) in [5, 5.41) is 12.3. The average Bonchev–Trinajstić information content (AvgIpc) is 3.12. The number of fused-ring (bicyclic) bond motifs is 2. The molecule has 5 aromatic rings. The summed E-state index contributed by atoms with van der Waals surface area (Å²) in [7, 11) is 0. The fourth-order valence-electron chi connectivity index (χ4n) is 3.58. The second-order valence-corrected chi connectivity index (χ2v) is 7.06. The highest BCUT2D eigenvalue weighted by Gasteiger charge is 2.17. The van der Waals surface area contributed by atoms with Gasteiger partial charge in [-0.1, -0.05) is 60.7 Å². The average molecular weight is 394 g/mol. The molecule has 146 valence electrons. The number of carbonyl (C=O) groups is 1. The van der Waals surface area contributed by atoms with Crippen LogP contribution in [0.4, 0.5) is 0 Å². The zero-order valence-corrected chi connectivity index (χ0v) is 16.0. The summed E-state index contributed by atoms with van der Waals surface area (Å²) in [6.07, 6.45) is 0. The third-order valence-corrected chi connectivity index (χ3v) is 5.08. The number of hydrogen-bond donors (Lipinski definition) is 2. The van der Waals surface area contributed by atoms with Crippen molar-refractivity contribution in [3.8, 4) is 17.1 Å². The van der Waals surface area contributed by atoms with Crippen molar-refractivity contribution >= 4 is 27.8 Å². The van der Waals surface area contributed by atoms with E-state index in [1.165, 1.54) is 0 Å². The Morgan fingerprint density at radius 2 is 1.73 bits per heavy atom. The van der Waals surface area contributed by atoms with Crippen molar-refractivity contribution in [3.05, 3.63) is 96.1 Å². The van der Waals surface area contributed by atoms with Crippen LogP contribution >= 0.6 is 0 Å². The van der Waals surface area contributed by atoms with Gasteiger partial charge in [0.15, 0.2) is 5.88 Å². The van der Waals surface area contributed by atoms with Gasteiger partial charge in [-0.05, 0) is 29.8 Å². The number of pyridine rings is 1.